The molecule has 0 aliphatic carbocycles. The predicted octanol–water partition coefficient (Wildman–Crippen LogP) is 3.49. The second kappa shape index (κ2) is 6.89. The number of carbonyl (C=O) groups is 1. The fourth-order valence-electron chi connectivity index (χ4n) is 1.97. The van der Waals surface area contributed by atoms with Crippen molar-refractivity contribution in [1.82, 2.24) is 15.6 Å². The van der Waals surface area contributed by atoms with Crippen LogP contribution in [0.3, 0.4) is 0 Å². The van der Waals surface area contributed by atoms with Crippen molar-refractivity contribution in [2.45, 2.75) is 0 Å². The Balaban J connectivity index is 1.65. The quantitative estimate of drug-likeness (QED) is 0.569. The first-order valence-corrected chi connectivity index (χ1v) is 7.30. The molecule has 0 aliphatic rings. The number of amides is 1. The Kier molecular flexibility index (Phi) is 4.49. The highest BCUT2D eigenvalue weighted by Crippen LogP contribution is 2.16. The summed E-state index contributed by atoms with van der Waals surface area (Å²) in [5.41, 5.74) is 5.28. The van der Waals surface area contributed by atoms with Crippen LogP contribution in [0.25, 0.3) is 11.3 Å². The molecule has 3 aromatic rings. The Hall–Kier alpha value is -2.92. The number of H-pyrrole nitrogens is 1. The molecule has 1 aromatic heterocycles. The van der Waals surface area contributed by atoms with Crippen LogP contribution in [0.2, 0.25) is 5.02 Å². The fourth-order valence-corrected chi connectivity index (χ4v) is 2.10. The first-order valence-electron chi connectivity index (χ1n) is 6.92. The summed E-state index contributed by atoms with van der Waals surface area (Å²) in [6.45, 7) is 0. The summed E-state index contributed by atoms with van der Waals surface area (Å²) in [7, 11) is 0. The number of hydrogen-bond acceptors (Lipinski definition) is 3. The third-order valence-corrected chi connectivity index (χ3v) is 3.39. The number of nitrogens with zero attached hydrogens (tertiary/aromatic N) is 2. The van der Waals surface area contributed by atoms with Gasteiger partial charge in [0.15, 0.2) is 0 Å². The molecule has 114 valence electrons. The first-order chi connectivity index (χ1) is 11.2. The second-order valence-electron chi connectivity index (χ2n) is 4.78. The van der Waals surface area contributed by atoms with Gasteiger partial charge in [0.05, 0.1) is 11.9 Å². The zero-order chi connectivity index (χ0) is 16.1. The largest absolute Gasteiger partial charge is 0.289 e. The molecule has 1 amide bonds. The van der Waals surface area contributed by atoms with Crippen molar-refractivity contribution in [3.8, 4) is 11.3 Å². The van der Waals surface area contributed by atoms with Gasteiger partial charge >= 0.3 is 0 Å². The van der Waals surface area contributed by atoms with Crippen LogP contribution in [0.1, 0.15) is 16.1 Å². The normalized spacial score (nSPS) is 10.8. The van der Waals surface area contributed by atoms with E-state index in [4.69, 9.17) is 11.6 Å². The number of benzene rings is 2. The number of halogens is 1. The van der Waals surface area contributed by atoms with E-state index in [1.54, 1.807) is 24.4 Å². The van der Waals surface area contributed by atoms with E-state index in [0.717, 1.165) is 11.1 Å². The minimum absolute atomic E-state index is 0.345. The van der Waals surface area contributed by atoms with Gasteiger partial charge in [-0.15, -0.1) is 0 Å². The molecule has 0 spiro atoms. The smallest absolute Gasteiger partial charge is 0.272 e. The Morgan fingerprint density at radius 2 is 1.87 bits per heavy atom. The van der Waals surface area contributed by atoms with Crippen molar-refractivity contribution < 1.29 is 4.79 Å². The molecule has 0 radical (unpaired) electrons. The summed E-state index contributed by atoms with van der Waals surface area (Å²) in [5.74, 6) is -0.357. The zero-order valence-corrected chi connectivity index (χ0v) is 12.8. The summed E-state index contributed by atoms with van der Waals surface area (Å²) < 4.78 is 0. The van der Waals surface area contributed by atoms with Gasteiger partial charge in [-0.1, -0.05) is 54.1 Å². The molecular formula is C17H13ClN4O. The highest BCUT2D eigenvalue weighted by atomic mass is 35.5. The summed E-state index contributed by atoms with van der Waals surface area (Å²) in [6, 6.07) is 18.4. The van der Waals surface area contributed by atoms with E-state index in [-0.39, 0.29) is 5.91 Å². The predicted molar refractivity (Wildman–Crippen MR) is 90.5 cm³/mol. The van der Waals surface area contributed by atoms with Crippen LogP contribution in [-0.2, 0) is 0 Å². The number of aromatic amines is 1. The minimum atomic E-state index is -0.357. The van der Waals surface area contributed by atoms with E-state index in [1.807, 2.05) is 42.5 Å². The summed E-state index contributed by atoms with van der Waals surface area (Å²) in [6.07, 6.45) is 1.54. The maximum Gasteiger partial charge on any atom is 0.289 e. The fraction of sp³-hybridized carbons (Fsp3) is 0. The SMILES string of the molecule is O=C(N/N=C\c1ccc(Cl)cc1)c1cc(-c2ccccc2)n[nH]1. The Labute approximate surface area is 138 Å². The van der Waals surface area contributed by atoms with E-state index in [0.29, 0.717) is 16.4 Å². The number of aromatic nitrogens is 2. The average Bonchev–Trinajstić information content (AvgIpc) is 3.07. The number of nitrogens with one attached hydrogen (secondary N) is 2. The van der Waals surface area contributed by atoms with Gasteiger partial charge in [0.25, 0.3) is 5.91 Å². The van der Waals surface area contributed by atoms with Gasteiger partial charge in [-0.25, -0.2) is 5.43 Å². The maximum absolute atomic E-state index is 12.0. The highest BCUT2D eigenvalue weighted by molar-refractivity contribution is 6.30. The monoisotopic (exact) mass is 324 g/mol. The minimum Gasteiger partial charge on any atom is -0.272 e. The van der Waals surface area contributed by atoms with Gasteiger partial charge in [0.2, 0.25) is 0 Å². The molecule has 0 saturated carbocycles. The lowest BCUT2D eigenvalue weighted by molar-refractivity contribution is 0.0950. The van der Waals surface area contributed by atoms with Crippen molar-refractivity contribution in [1.29, 1.82) is 0 Å². The Bertz CT molecular complexity index is 825. The third-order valence-electron chi connectivity index (χ3n) is 3.14. The number of hydrazone groups is 1. The lowest BCUT2D eigenvalue weighted by Gasteiger charge is -1.96. The molecule has 0 unspecified atom stereocenters. The topological polar surface area (TPSA) is 70.1 Å². The molecule has 0 saturated heterocycles. The van der Waals surface area contributed by atoms with E-state index in [9.17, 15) is 4.79 Å². The Morgan fingerprint density at radius 1 is 1.13 bits per heavy atom. The molecule has 23 heavy (non-hydrogen) atoms. The molecule has 0 bridgehead atoms. The van der Waals surface area contributed by atoms with Crippen LogP contribution in [-0.4, -0.2) is 22.3 Å². The lowest BCUT2D eigenvalue weighted by Crippen LogP contribution is -2.17. The molecular weight excluding hydrogens is 312 g/mol. The van der Waals surface area contributed by atoms with Crippen molar-refractivity contribution in [3.63, 3.8) is 0 Å². The van der Waals surface area contributed by atoms with Crippen molar-refractivity contribution in [3.05, 3.63) is 76.9 Å². The summed E-state index contributed by atoms with van der Waals surface area (Å²) in [4.78, 5) is 12.0. The first kappa shape index (κ1) is 15.0. The van der Waals surface area contributed by atoms with E-state index in [2.05, 4.69) is 20.7 Å². The molecule has 2 aromatic carbocycles. The van der Waals surface area contributed by atoms with Crippen LogP contribution in [0.4, 0.5) is 0 Å². The standard InChI is InChI=1S/C17H13ClN4O/c18-14-8-6-12(7-9-14)11-19-22-17(23)16-10-15(20-21-16)13-4-2-1-3-5-13/h1-11H,(H,20,21)(H,22,23)/b19-11-. The maximum atomic E-state index is 12.0. The summed E-state index contributed by atoms with van der Waals surface area (Å²) in [5, 5.41) is 11.4. The van der Waals surface area contributed by atoms with Gasteiger partial charge < -0.3 is 0 Å². The number of hydrogen-bond donors (Lipinski definition) is 2. The number of rotatable bonds is 4. The van der Waals surface area contributed by atoms with Gasteiger partial charge in [0, 0.05) is 10.6 Å². The van der Waals surface area contributed by atoms with Crippen molar-refractivity contribution in [2.75, 3.05) is 0 Å². The van der Waals surface area contributed by atoms with Crippen molar-refractivity contribution in [2.24, 2.45) is 5.10 Å². The van der Waals surface area contributed by atoms with Crippen molar-refractivity contribution >= 4 is 23.7 Å². The molecule has 0 aliphatic heterocycles. The number of carbonyl (C=O) groups excluding carboxylic acids is 1. The average molecular weight is 325 g/mol. The molecule has 2 N–H and O–H groups in total. The van der Waals surface area contributed by atoms with Gasteiger partial charge in [-0.3, -0.25) is 9.89 Å². The van der Waals surface area contributed by atoms with Gasteiger partial charge in [-0.05, 0) is 23.8 Å². The van der Waals surface area contributed by atoms with Crippen LogP contribution >= 0.6 is 11.6 Å². The van der Waals surface area contributed by atoms with E-state index < -0.39 is 0 Å². The van der Waals surface area contributed by atoms with Crippen LogP contribution in [0.5, 0.6) is 0 Å². The van der Waals surface area contributed by atoms with Gasteiger partial charge in [-0.2, -0.15) is 10.2 Å². The molecule has 0 atom stereocenters. The van der Waals surface area contributed by atoms with E-state index in [1.165, 1.54) is 0 Å². The summed E-state index contributed by atoms with van der Waals surface area (Å²) >= 11 is 5.80. The second-order valence-corrected chi connectivity index (χ2v) is 5.22. The zero-order valence-electron chi connectivity index (χ0n) is 12.0. The van der Waals surface area contributed by atoms with Crippen LogP contribution in [0, 0.1) is 0 Å². The molecule has 1 heterocycles. The molecule has 6 heteroatoms. The molecule has 5 nitrogen and oxygen atoms in total. The van der Waals surface area contributed by atoms with Crippen LogP contribution < -0.4 is 5.43 Å². The third kappa shape index (κ3) is 3.84. The van der Waals surface area contributed by atoms with Crippen LogP contribution in [0.15, 0.2) is 65.8 Å². The van der Waals surface area contributed by atoms with Gasteiger partial charge in [0.1, 0.15) is 5.69 Å². The molecule has 0 fully saturated rings. The Morgan fingerprint density at radius 3 is 2.61 bits per heavy atom. The lowest BCUT2D eigenvalue weighted by atomic mass is 10.1. The highest BCUT2D eigenvalue weighted by Gasteiger charge is 2.09. The van der Waals surface area contributed by atoms with E-state index >= 15 is 0 Å². The molecule has 3 rings (SSSR count).